The Hall–Kier alpha value is -1.49. The number of nitrogens with one attached hydrogen (secondary N) is 2. The number of aliphatic hydroxyl groups is 1. The third kappa shape index (κ3) is 6.86. The molecule has 0 aliphatic carbocycles. The number of hydrogen-bond acceptors (Lipinski definition) is 2. The number of aliphatic hydroxyl groups excluding tert-OH is 1. The molecule has 1 unspecified atom stereocenters. The first-order valence-corrected chi connectivity index (χ1v) is 6.69. The molecule has 5 nitrogen and oxygen atoms in total. The van der Waals surface area contributed by atoms with Gasteiger partial charge in [0, 0.05) is 32.0 Å². The van der Waals surface area contributed by atoms with E-state index in [1.54, 1.807) is 6.92 Å². The molecule has 19 heavy (non-hydrogen) atoms. The molecular formula is C14H25N3O2. The Labute approximate surface area is 115 Å². The third-order valence-corrected chi connectivity index (χ3v) is 2.90. The highest BCUT2D eigenvalue weighted by Crippen LogP contribution is 2.20. The second-order valence-corrected chi connectivity index (χ2v) is 5.75. The molecule has 1 atom stereocenters. The maximum Gasteiger partial charge on any atom is 0.314 e. The van der Waals surface area contributed by atoms with E-state index in [-0.39, 0.29) is 17.6 Å². The SMILES string of the molecule is CC(O)CC(C)(C)CNC(=O)NCCn1cccc1. The number of carbonyl (C=O) groups excluding carboxylic acids is 1. The number of aromatic nitrogens is 1. The maximum atomic E-state index is 11.6. The summed E-state index contributed by atoms with van der Waals surface area (Å²) >= 11 is 0. The van der Waals surface area contributed by atoms with E-state index in [4.69, 9.17) is 0 Å². The Balaban J connectivity index is 2.17. The van der Waals surface area contributed by atoms with E-state index in [9.17, 15) is 9.90 Å². The average molecular weight is 267 g/mol. The summed E-state index contributed by atoms with van der Waals surface area (Å²) in [5.74, 6) is 0. The van der Waals surface area contributed by atoms with Crippen molar-refractivity contribution in [3.05, 3.63) is 24.5 Å². The number of nitrogens with zero attached hydrogens (tertiary/aromatic N) is 1. The number of urea groups is 1. The summed E-state index contributed by atoms with van der Waals surface area (Å²) in [7, 11) is 0. The van der Waals surface area contributed by atoms with Crippen LogP contribution in [0.25, 0.3) is 0 Å². The monoisotopic (exact) mass is 267 g/mol. The summed E-state index contributed by atoms with van der Waals surface area (Å²) in [6.45, 7) is 7.72. The van der Waals surface area contributed by atoms with Crippen molar-refractivity contribution >= 4 is 6.03 Å². The fourth-order valence-electron chi connectivity index (χ4n) is 2.07. The van der Waals surface area contributed by atoms with Crippen LogP contribution in [-0.4, -0.2) is 34.9 Å². The lowest BCUT2D eigenvalue weighted by Crippen LogP contribution is -2.42. The molecule has 0 saturated heterocycles. The first-order valence-electron chi connectivity index (χ1n) is 6.69. The minimum atomic E-state index is -0.353. The van der Waals surface area contributed by atoms with Gasteiger partial charge < -0.3 is 20.3 Å². The molecule has 1 rings (SSSR count). The van der Waals surface area contributed by atoms with Gasteiger partial charge >= 0.3 is 6.03 Å². The van der Waals surface area contributed by atoms with Crippen molar-refractivity contribution in [2.75, 3.05) is 13.1 Å². The summed E-state index contributed by atoms with van der Waals surface area (Å²) in [4.78, 5) is 11.6. The van der Waals surface area contributed by atoms with Crippen molar-refractivity contribution in [1.29, 1.82) is 0 Å². The molecule has 0 spiro atoms. The summed E-state index contributed by atoms with van der Waals surface area (Å²) in [5, 5.41) is 15.0. The molecule has 1 aromatic rings. The van der Waals surface area contributed by atoms with Crippen LogP contribution in [-0.2, 0) is 6.54 Å². The minimum absolute atomic E-state index is 0.105. The van der Waals surface area contributed by atoms with Crippen LogP contribution in [0.5, 0.6) is 0 Å². The smallest absolute Gasteiger partial charge is 0.314 e. The van der Waals surface area contributed by atoms with Crippen LogP contribution in [0.3, 0.4) is 0 Å². The minimum Gasteiger partial charge on any atom is -0.393 e. The van der Waals surface area contributed by atoms with Gasteiger partial charge in [0.15, 0.2) is 0 Å². The Morgan fingerprint density at radius 1 is 1.32 bits per heavy atom. The van der Waals surface area contributed by atoms with Gasteiger partial charge in [0.1, 0.15) is 0 Å². The van der Waals surface area contributed by atoms with Gasteiger partial charge in [-0.15, -0.1) is 0 Å². The molecule has 0 aliphatic heterocycles. The molecule has 0 bridgehead atoms. The highest BCUT2D eigenvalue weighted by molar-refractivity contribution is 5.73. The highest BCUT2D eigenvalue weighted by atomic mass is 16.3. The van der Waals surface area contributed by atoms with Gasteiger partial charge in [-0.3, -0.25) is 0 Å². The van der Waals surface area contributed by atoms with Crippen LogP contribution < -0.4 is 10.6 Å². The fourth-order valence-corrected chi connectivity index (χ4v) is 2.07. The number of amides is 2. The van der Waals surface area contributed by atoms with Crippen molar-refractivity contribution in [3.8, 4) is 0 Å². The second kappa shape index (κ2) is 7.19. The zero-order valence-corrected chi connectivity index (χ0v) is 12.0. The maximum absolute atomic E-state index is 11.6. The Morgan fingerprint density at radius 3 is 2.53 bits per heavy atom. The van der Waals surface area contributed by atoms with Crippen molar-refractivity contribution in [2.45, 2.75) is 39.8 Å². The third-order valence-electron chi connectivity index (χ3n) is 2.90. The van der Waals surface area contributed by atoms with Crippen molar-refractivity contribution < 1.29 is 9.90 Å². The summed E-state index contributed by atoms with van der Waals surface area (Å²) in [6, 6.07) is 3.75. The first kappa shape index (κ1) is 15.6. The summed E-state index contributed by atoms with van der Waals surface area (Å²) in [6.07, 6.45) is 4.24. The number of carbonyl (C=O) groups is 1. The predicted octanol–water partition coefficient (Wildman–Crippen LogP) is 1.58. The van der Waals surface area contributed by atoms with E-state index in [2.05, 4.69) is 10.6 Å². The number of rotatable bonds is 7. The lowest BCUT2D eigenvalue weighted by molar-refractivity contribution is 0.129. The molecule has 1 heterocycles. The predicted molar refractivity (Wildman–Crippen MR) is 75.9 cm³/mol. The molecule has 0 aromatic carbocycles. The van der Waals surface area contributed by atoms with Crippen molar-refractivity contribution in [2.24, 2.45) is 5.41 Å². The zero-order valence-electron chi connectivity index (χ0n) is 12.0. The molecule has 108 valence electrons. The molecule has 0 radical (unpaired) electrons. The van der Waals surface area contributed by atoms with E-state index >= 15 is 0 Å². The standard InChI is InChI=1S/C14H25N3O2/c1-12(18)10-14(2,3)11-16-13(19)15-6-9-17-7-4-5-8-17/h4-5,7-8,12,18H,6,9-11H2,1-3H3,(H2,15,16,19). The lowest BCUT2D eigenvalue weighted by atomic mass is 9.87. The van der Waals surface area contributed by atoms with E-state index < -0.39 is 0 Å². The topological polar surface area (TPSA) is 66.3 Å². The van der Waals surface area contributed by atoms with Gasteiger partial charge in [-0.1, -0.05) is 13.8 Å². The van der Waals surface area contributed by atoms with Crippen LogP contribution in [0.2, 0.25) is 0 Å². The Morgan fingerprint density at radius 2 is 1.95 bits per heavy atom. The van der Waals surface area contributed by atoms with Crippen LogP contribution in [0, 0.1) is 5.41 Å². The Bertz CT molecular complexity index is 372. The van der Waals surface area contributed by atoms with Gasteiger partial charge in [-0.05, 0) is 30.9 Å². The van der Waals surface area contributed by atoms with Crippen LogP contribution in [0.4, 0.5) is 4.79 Å². The van der Waals surface area contributed by atoms with E-state index in [1.807, 2.05) is 42.9 Å². The average Bonchev–Trinajstić information content (AvgIpc) is 2.78. The second-order valence-electron chi connectivity index (χ2n) is 5.75. The molecule has 5 heteroatoms. The first-order chi connectivity index (χ1) is 8.89. The largest absolute Gasteiger partial charge is 0.393 e. The molecule has 3 N–H and O–H groups in total. The van der Waals surface area contributed by atoms with Gasteiger partial charge in [0.05, 0.1) is 6.10 Å². The van der Waals surface area contributed by atoms with Gasteiger partial charge in [0.2, 0.25) is 0 Å². The van der Waals surface area contributed by atoms with Crippen LogP contribution >= 0.6 is 0 Å². The van der Waals surface area contributed by atoms with E-state index in [0.717, 1.165) is 6.54 Å². The normalized spacial score (nSPS) is 13.1. The summed E-state index contributed by atoms with van der Waals surface area (Å²) < 4.78 is 2.01. The van der Waals surface area contributed by atoms with Crippen molar-refractivity contribution in [1.82, 2.24) is 15.2 Å². The van der Waals surface area contributed by atoms with Gasteiger partial charge in [0.25, 0.3) is 0 Å². The van der Waals surface area contributed by atoms with E-state index in [1.165, 1.54) is 0 Å². The van der Waals surface area contributed by atoms with Crippen LogP contribution in [0.1, 0.15) is 27.2 Å². The Kier molecular flexibility index (Phi) is 5.89. The quantitative estimate of drug-likeness (QED) is 0.702. The molecule has 0 aliphatic rings. The van der Waals surface area contributed by atoms with Gasteiger partial charge in [-0.2, -0.15) is 0 Å². The molecule has 1 aromatic heterocycles. The highest BCUT2D eigenvalue weighted by Gasteiger charge is 2.20. The van der Waals surface area contributed by atoms with Crippen molar-refractivity contribution in [3.63, 3.8) is 0 Å². The molecule has 2 amide bonds. The van der Waals surface area contributed by atoms with E-state index in [0.29, 0.717) is 19.5 Å². The fraction of sp³-hybridized carbons (Fsp3) is 0.643. The van der Waals surface area contributed by atoms with Gasteiger partial charge in [-0.25, -0.2) is 4.79 Å². The number of hydrogen-bond donors (Lipinski definition) is 3. The summed E-state index contributed by atoms with van der Waals surface area (Å²) in [5.41, 5.74) is -0.105. The molecule has 0 fully saturated rings. The molecule has 0 saturated carbocycles. The van der Waals surface area contributed by atoms with Crippen LogP contribution in [0.15, 0.2) is 24.5 Å². The lowest BCUT2D eigenvalue weighted by Gasteiger charge is -2.26. The molecular weight excluding hydrogens is 242 g/mol. The zero-order chi connectivity index (χ0) is 14.3.